The smallest absolute Gasteiger partial charge is 0.251 e. The molecule has 0 radical (unpaired) electrons. The maximum atomic E-state index is 12.3. The second-order valence-electron chi connectivity index (χ2n) is 6.59. The van der Waals surface area contributed by atoms with Crippen molar-refractivity contribution < 1.29 is 4.79 Å². The van der Waals surface area contributed by atoms with Crippen molar-refractivity contribution in [3.05, 3.63) is 72.2 Å². The van der Waals surface area contributed by atoms with Crippen LogP contribution in [0, 0.1) is 6.92 Å². The Morgan fingerprint density at radius 3 is 2.40 bits per heavy atom. The lowest BCUT2D eigenvalue weighted by Crippen LogP contribution is -2.28. The van der Waals surface area contributed by atoms with Gasteiger partial charge in [-0.25, -0.2) is 4.98 Å². The van der Waals surface area contributed by atoms with E-state index in [0.717, 1.165) is 11.1 Å². The molecular formula is C21H20N8O. The maximum absolute atomic E-state index is 12.3. The molecule has 9 nitrogen and oxygen atoms in total. The summed E-state index contributed by atoms with van der Waals surface area (Å²) in [5, 5.41) is 17.4. The van der Waals surface area contributed by atoms with E-state index in [2.05, 4.69) is 41.1 Å². The molecule has 0 unspecified atom stereocenters. The molecule has 3 N–H and O–H groups in total. The van der Waals surface area contributed by atoms with E-state index >= 15 is 0 Å². The van der Waals surface area contributed by atoms with Gasteiger partial charge >= 0.3 is 0 Å². The Morgan fingerprint density at radius 1 is 0.800 bits per heavy atom. The van der Waals surface area contributed by atoms with E-state index in [1.807, 2.05) is 31.2 Å². The first-order valence-electron chi connectivity index (χ1n) is 9.44. The van der Waals surface area contributed by atoms with Gasteiger partial charge in [-0.3, -0.25) is 14.8 Å². The number of nitrogens with zero attached hydrogens (tertiary/aromatic N) is 5. The molecule has 30 heavy (non-hydrogen) atoms. The zero-order valence-corrected chi connectivity index (χ0v) is 16.3. The van der Waals surface area contributed by atoms with Crippen molar-refractivity contribution in [3.8, 4) is 0 Å². The van der Waals surface area contributed by atoms with E-state index in [1.54, 1.807) is 36.8 Å². The Labute approximate surface area is 173 Å². The van der Waals surface area contributed by atoms with Gasteiger partial charge in [-0.15, -0.1) is 10.2 Å². The highest BCUT2D eigenvalue weighted by molar-refractivity contribution is 5.97. The molecule has 0 saturated carbocycles. The van der Waals surface area contributed by atoms with Gasteiger partial charge in [-0.1, -0.05) is 0 Å². The van der Waals surface area contributed by atoms with Gasteiger partial charge in [-0.2, -0.15) is 0 Å². The van der Waals surface area contributed by atoms with Gasteiger partial charge in [0.15, 0.2) is 5.82 Å². The van der Waals surface area contributed by atoms with Crippen molar-refractivity contribution in [1.29, 1.82) is 0 Å². The van der Waals surface area contributed by atoms with Crippen LogP contribution in [0.25, 0.3) is 11.0 Å². The molecule has 1 aromatic carbocycles. The van der Waals surface area contributed by atoms with Crippen LogP contribution in [0.15, 0.2) is 61.1 Å². The van der Waals surface area contributed by atoms with Crippen molar-refractivity contribution in [2.75, 3.05) is 23.7 Å². The Bertz CT molecular complexity index is 1160. The number of aromatic nitrogens is 5. The molecule has 0 aliphatic rings. The fourth-order valence-corrected chi connectivity index (χ4v) is 2.80. The van der Waals surface area contributed by atoms with E-state index in [0.29, 0.717) is 41.6 Å². The van der Waals surface area contributed by atoms with Gasteiger partial charge in [0, 0.05) is 37.2 Å². The number of aryl methyl sites for hydroxylation is 1. The molecule has 0 fully saturated rings. The lowest BCUT2D eigenvalue weighted by Gasteiger charge is -2.08. The molecule has 0 aliphatic carbocycles. The van der Waals surface area contributed by atoms with E-state index in [-0.39, 0.29) is 5.91 Å². The number of fused-ring (bicyclic) bond motifs is 1. The van der Waals surface area contributed by atoms with Crippen molar-refractivity contribution in [2.24, 2.45) is 0 Å². The predicted molar refractivity (Wildman–Crippen MR) is 115 cm³/mol. The van der Waals surface area contributed by atoms with Crippen LogP contribution in [-0.2, 0) is 0 Å². The van der Waals surface area contributed by atoms with E-state index in [1.165, 1.54) is 0 Å². The van der Waals surface area contributed by atoms with Crippen LogP contribution in [0.3, 0.4) is 0 Å². The topological polar surface area (TPSA) is 118 Å². The Hall–Kier alpha value is -4.14. The number of nitrogens with one attached hydrogen (secondary N) is 3. The Morgan fingerprint density at radius 2 is 1.60 bits per heavy atom. The van der Waals surface area contributed by atoms with Gasteiger partial charge in [-0.05, 0) is 55.0 Å². The standard InChI is InChI=1S/C21H20N8O/c1-14-6-7-24-20(12-14)27-19-5-4-18(28-29-19)25-10-11-26-21(30)15-2-3-16-17(13-15)23-9-8-22-16/h2-9,12-13H,10-11H2,1H3,(H,25,28)(H,26,30)(H,24,27,29). The summed E-state index contributed by atoms with van der Waals surface area (Å²) in [5.41, 5.74) is 3.10. The van der Waals surface area contributed by atoms with Gasteiger partial charge in [0.05, 0.1) is 11.0 Å². The first kappa shape index (κ1) is 19.2. The molecule has 0 spiro atoms. The Balaban J connectivity index is 1.25. The third-order valence-corrected chi connectivity index (χ3v) is 4.28. The first-order chi connectivity index (χ1) is 14.7. The minimum absolute atomic E-state index is 0.166. The third kappa shape index (κ3) is 4.82. The monoisotopic (exact) mass is 400 g/mol. The third-order valence-electron chi connectivity index (χ3n) is 4.28. The molecule has 150 valence electrons. The SMILES string of the molecule is Cc1ccnc(Nc2ccc(NCCNC(=O)c3ccc4nccnc4c3)nn2)c1. The van der Waals surface area contributed by atoms with Crippen LogP contribution in [0.4, 0.5) is 17.5 Å². The number of carbonyl (C=O) groups excluding carboxylic acids is 1. The van der Waals surface area contributed by atoms with Crippen LogP contribution in [0.5, 0.6) is 0 Å². The van der Waals surface area contributed by atoms with Crippen LogP contribution in [0.1, 0.15) is 15.9 Å². The molecule has 3 aromatic heterocycles. The average Bonchev–Trinajstić information content (AvgIpc) is 2.77. The van der Waals surface area contributed by atoms with Crippen molar-refractivity contribution in [2.45, 2.75) is 6.92 Å². The molecule has 4 rings (SSSR count). The van der Waals surface area contributed by atoms with E-state index < -0.39 is 0 Å². The number of hydrogen-bond acceptors (Lipinski definition) is 8. The highest BCUT2D eigenvalue weighted by atomic mass is 16.1. The van der Waals surface area contributed by atoms with Crippen molar-refractivity contribution >= 4 is 34.4 Å². The Kier molecular flexibility index (Phi) is 5.70. The van der Waals surface area contributed by atoms with E-state index in [9.17, 15) is 4.79 Å². The summed E-state index contributed by atoms with van der Waals surface area (Å²) in [4.78, 5) is 25.0. The lowest BCUT2D eigenvalue weighted by molar-refractivity contribution is 0.0955. The normalized spacial score (nSPS) is 10.6. The molecular weight excluding hydrogens is 380 g/mol. The van der Waals surface area contributed by atoms with E-state index in [4.69, 9.17) is 0 Å². The minimum Gasteiger partial charge on any atom is -0.367 e. The largest absolute Gasteiger partial charge is 0.367 e. The average molecular weight is 400 g/mol. The second kappa shape index (κ2) is 8.91. The number of anilines is 3. The number of benzene rings is 1. The summed E-state index contributed by atoms with van der Waals surface area (Å²) < 4.78 is 0. The zero-order chi connectivity index (χ0) is 20.8. The van der Waals surface area contributed by atoms with Crippen LogP contribution in [-0.4, -0.2) is 44.1 Å². The van der Waals surface area contributed by atoms with Crippen LogP contribution in [0.2, 0.25) is 0 Å². The zero-order valence-electron chi connectivity index (χ0n) is 16.3. The summed E-state index contributed by atoms with van der Waals surface area (Å²) in [7, 11) is 0. The van der Waals surface area contributed by atoms with Gasteiger partial charge in [0.2, 0.25) is 0 Å². The molecule has 1 amide bonds. The summed E-state index contributed by atoms with van der Waals surface area (Å²) in [6, 6.07) is 12.7. The highest BCUT2D eigenvalue weighted by Gasteiger charge is 2.07. The quantitative estimate of drug-likeness (QED) is 0.405. The van der Waals surface area contributed by atoms with Crippen LogP contribution < -0.4 is 16.0 Å². The molecule has 4 aromatic rings. The number of hydrogen-bond donors (Lipinski definition) is 3. The summed E-state index contributed by atoms with van der Waals surface area (Å²) in [6.45, 7) is 2.95. The minimum atomic E-state index is -0.166. The molecule has 0 bridgehead atoms. The fraction of sp³-hybridized carbons (Fsp3) is 0.143. The molecule has 3 heterocycles. The molecule has 0 saturated heterocycles. The summed E-state index contributed by atoms with van der Waals surface area (Å²) in [5.74, 6) is 1.77. The molecule has 0 aliphatic heterocycles. The summed E-state index contributed by atoms with van der Waals surface area (Å²) in [6.07, 6.45) is 4.96. The maximum Gasteiger partial charge on any atom is 0.251 e. The molecule has 9 heteroatoms. The number of pyridine rings is 1. The van der Waals surface area contributed by atoms with Crippen molar-refractivity contribution in [3.63, 3.8) is 0 Å². The number of carbonyl (C=O) groups is 1. The number of rotatable bonds is 7. The number of amides is 1. The first-order valence-corrected chi connectivity index (χ1v) is 9.44. The fourth-order valence-electron chi connectivity index (χ4n) is 2.80. The van der Waals surface area contributed by atoms with Gasteiger partial charge in [0.1, 0.15) is 11.6 Å². The predicted octanol–water partition coefficient (Wildman–Crippen LogP) is 2.71. The summed E-state index contributed by atoms with van der Waals surface area (Å²) >= 11 is 0. The van der Waals surface area contributed by atoms with Gasteiger partial charge in [0.25, 0.3) is 5.91 Å². The van der Waals surface area contributed by atoms with Crippen molar-refractivity contribution in [1.82, 2.24) is 30.5 Å². The lowest BCUT2D eigenvalue weighted by atomic mass is 10.2. The van der Waals surface area contributed by atoms with Gasteiger partial charge < -0.3 is 16.0 Å². The molecule has 0 atom stereocenters. The second-order valence-corrected chi connectivity index (χ2v) is 6.59. The highest BCUT2D eigenvalue weighted by Crippen LogP contribution is 2.13. The van der Waals surface area contributed by atoms with Crippen LogP contribution >= 0.6 is 0 Å².